The van der Waals surface area contributed by atoms with Crippen molar-refractivity contribution in [1.29, 1.82) is 0 Å². The van der Waals surface area contributed by atoms with Crippen molar-refractivity contribution in [3.63, 3.8) is 0 Å². The number of carbonyl (C=O) groups excluding carboxylic acids is 1. The smallest absolute Gasteiger partial charge is 0.242 e. The van der Waals surface area contributed by atoms with Gasteiger partial charge in [0.2, 0.25) is 5.91 Å². The summed E-state index contributed by atoms with van der Waals surface area (Å²) in [4.78, 5) is 11.9. The largest absolute Gasteiger partial charge is 0.492 e. The van der Waals surface area contributed by atoms with Gasteiger partial charge in [-0.05, 0) is 25.1 Å². The monoisotopic (exact) mass is 286 g/mol. The van der Waals surface area contributed by atoms with E-state index in [1.54, 1.807) is 30.0 Å². The molecular weight excluding hydrogens is 272 g/mol. The zero-order valence-corrected chi connectivity index (χ0v) is 11.6. The minimum Gasteiger partial charge on any atom is -0.492 e. The fraction of sp³-hybridized carbons (Fsp3) is 0.417. The Morgan fingerprint density at radius 2 is 2.50 bits per heavy atom. The summed E-state index contributed by atoms with van der Waals surface area (Å²) in [6.07, 6.45) is 0. The Kier molecular flexibility index (Phi) is 4.74. The molecule has 1 amide bonds. The highest BCUT2D eigenvalue weighted by atomic mass is 35.5. The van der Waals surface area contributed by atoms with Crippen molar-refractivity contribution in [3.8, 4) is 5.75 Å². The van der Waals surface area contributed by atoms with Crippen molar-refractivity contribution in [2.24, 2.45) is 0 Å². The van der Waals surface area contributed by atoms with Crippen LogP contribution in [0.4, 0.5) is 5.69 Å². The molecule has 1 fully saturated rings. The zero-order chi connectivity index (χ0) is 13.0. The van der Waals surface area contributed by atoms with E-state index in [1.165, 1.54) is 0 Å². The molecule has 0 saturated carbocycles. The molecule has 0 spiro atoms. The van der Waals surface area contributed by atoms with Crippen molar-refractivity contribution in [3.05, 3.63) is 23.2 Å². The van der Waals surface area contributed by atoms with E-state index in [1.807, 2.05) is 6.92 Å². The third kappa shape index (κ3) is 3.31. The highest BCUT2D eigenvalue weighted by Crippen LogP contribution is 2.27. The summed E-state index contributed by atoms with van der Waals surface area (Å²) in [6.45, 7) is 2.46. The summed E-state index contributed by atoms with van der Waals surface area (Å²) >= 11 is 7.77. The van der Waals surface area contributed by atoms with E-state index in [-0.39, 0.29) is 11.9 Å². The van der Waals surface area contributed by atoms with Gasteiger partial charge in [-0.1, -0.05) is 11.6 Å². The van der Waals surface area contributed by atoms with Crippen LogP contribution < -0.4 is 15.4 Å². The van der Waals surface area contributed by atoms with Crippen molar-refractivity contribution < 1.29 is 9.53 Å². The summed E-state index contributed by atoms with van der Waals surface area (Å²) in [5, 5.41) is 6.46. The van der Waals surface area contributed by atoms with Gasteiger partial charge in [-0.25, -0.2) is 0 Å². The van der Waals surface area contributed by atoms with E-state index in [4.69, 9.17) is 16.3 Å². The summed E-state index contributed by atoms with van der Waals surface area (Å²) in [5.41, 5.74) is 0.687. The second-order valence-electron chi connectivity index (χ2n) is 3.84. The van der Waals surface area contributed by atoms with E-state index in [0.717, 1.165) is 11.6 Å². The lowest BCUT2D eigenvalue weighted by molar-refractivity contribution is -0.117. The summed E-state index contributed by atoms with van der Waals surface area (Å²) in [6, 6.07) is 5.13. The molecule has 2 rings (SSSR count). The number of benzene rings is 1. The van der Waals surface area contributed by atoms with Gasteiger partial charge in [-0.2, -0.15) is 0 Å². The fourth-order valence-corrected chi connectivity index (χ4v) is 2.82. The maximum Gasteiger partial charge on any atom is 0.242 e. The van der Waals surface area contributed by atoms with Crippen molar-refractivity contribution in [2.75, 3.05) is 23.6 Å². The summed E-state index contributed by atoms with van der Waals surface area (Å²) in [5.74, 6) is 2.23. The molecular formula is C12H15ClN2O2S. The molecule has 0 aliphatic carbocycles. The van der Waals surface area contributed by atoms with Crippen LogP contribution in [0.1, 0.15) is 6.92 Å². The predicted octanol–water partition coefficient (Wildman–Crippen LogP) is 2.34. The number of rotatable bonds is 4. The van der Waals surface area contributed by atoms with Gasteiger partial charge in [-0.3, -0.25) is 10.1 Å². The number of ether oxygens (including phenoxy) is 1. The van der Waals surface area contributed by atoms with Gasteiger partial charge in [0.05, 0.1) is 17.7 Å². The molecule has 0 bridgehead atoms. The molecule has 1 aromatic rings. The molecule has 0 radical (unpaired) electrons. The van der Waals surface area contributed by atoms with Gasteiger partial charge in [0.1, 0.15) is 5.75 Å². The van der Waals surface area contributed by atoms with Crippen LogP contribution in [0.25, 0.3) is 0 Å². The number of hydrogen-bond acceptors (Lipinski definition) is 4. The van der Waals surface area contributed by atoms with Crippen LogP contribution in [0.5, 0.6) is 5.75 Å². The van der Waals surface area contributed by atoms with Crippen LogP contribution >= 0.6 is 23.4 Å². The van der Waals surface area contributed by atoms with Crippen LogP contribution in [0, 0.1) is 0 Å². The Morgan fingerprint density at radius 3 is 3.11 bits per heavy atom. The SMILES string of the molecule is CCOc1ccc(NC(=O)C2CSCN2)cc1Cl. The minimum absolute atomic E-state index is 0.0276. The molecule has 1 aromatic carbocycles. The molecule has 4 nitrogen and oxygen atoms in total. The quantitative estimate of drug-likeness (QED) is 0.892. The molecule has 18 heavy (non-hydrogen) atoms. The Balaban J connectivity index is 2.00. The fourth-order valence-electron chi connectivity index (χ4n) is 1.64. The average molecular weight is 287 g/mol. The van der Waals surface area contributed by atoms with Gasteiger partial charge >= 0.3 is 0 Å². The molecule has 1 unspecified atom stereocenters. The lowest BCUT2D eigenvalue weighted by Crippen LogP contribution is -2.37. The van der Waals surface area contributed by atoms with Crippen LogP contribution in [0.2, 0.25) is 5.02 Å². The Bertz CT molecular complexity index is 436. The molecule has 1 atom stereocenters. The molecule has 6 heteroatoms. The molecule has 1 saturated heterocycles. The van der Waals surface area contributed by atoms with Crippen LogP contribution in [-0.2, 0) is 4.79 Å². The number of carbonyl (C=O) groups is 1. The van der Waals surface area contributed by atoms with Crippen molar-refractivity contribution in [2.45, 2.75) is 13.0 Å². The molecule has 0 aromatic heterocycles. The normalized spacial score (nSPS) is 18.7. The van der Waals surface area contributed by atoms with Crippen LogP contribution in [-0.4, -0.2) is 30.2 Å². The maximum absolute atomic E-state index is 11.9. The van der Waals surface area contributed by atoms with Gasteiger partial charge in [0, 0.05) is 17.3 Å². The second kappa shape index (κ2) is 6.31. The van der Waals surface area contributed by atoms with Gasteiger partial charge < -0.3 is 10.1 Å². The number of amides is 1. The Morgan fingerprint density at radius 1 is 1.67 bits per heavy atom. The van der Waals surface area contributed by atoms with E-state index >= 15 is 0 Å². The van der Waals surface area contributed by atoms with Gasteiger partial charge in [0.15, 0.2) is 0 Å². The van der Waals surface area contributed by atoms with Gasteiger partial charge in [0.25, 0.3) is 0 Å². The number of halogens is 1. The van der Waals surface area contributed by atoms with E-state index < -0.39 is 0 Å². The highest BCUT2D eigenvalue weighted by Gasteiger charge is 2.22. The number of anilines is 1. The average Bonchev–Trinajstić information content (AvgIpc) is 2.86. The number of thioether (sulfide) groups is 1. The minimum atomic E-state index is -0.125. The Labute approximate surface area is 115 Å². The molecule has 2 N–H and O–H groups in total. The number of nitrogens with one attached hydrogen (secondary N) is 2. The highest BCUT2D eigenvalue weighted by molar-refractivity contribution is 7.99. The van der Waals surface area contributed by atoms with Crippen molar-refractivity contribution >= 4 is 35.0 Å². The first kappa shape index (κ1) is 13.5. The summed E-state index contributed by atoms with van der Waals surface area (Å²) < 4.78 is 5.34. The van der Waals surface area contributed by atoms with Crippen molar-refractivity contribution in [1.82, 2.24) is 5.32 Å². The topological polar surface area (TPSA) is 50.4 Å². The summed E-state index contributed by atoms with van der Waals surface area (Å²) in [7, 11) is 0. The second-order valence-corrected chi connectivity index (χ2v) is 5.28. The third-order valence-corrected chi connectivity index (χ3v) is 3.77. The van der Waals surface area contributed by atoms with E-state index in [0.29, 0.717) is 23.1 Å². The third-order valence-electron chi connectivity index (χ3n) is 2.53. The molecule has 1 aliphatic heterocycles. The van der Waals surface area contributed by atoms with Gasteiger partial charge in [-0.15, -0.1) is 11.8 Å². The lowest BCUT2D eigenvalue weighted by Gasteiger charge is -2.12. The maximum atomic E-state index is 11.9. The van der Waals surface area contributed by atoms with Crippen LogP contribution in [0.15, 0.2) is 18.2 Å². The van der Waals surface area contributed by atoms with E-state index in [2.05, 4.69) is 10.6 Å². The first-order valence-electron chi connectivity index (χ1n) is 5.75. The lowest BCUT2D eigenvalue weighted by atomic mass is 10.2. The Hall–Kier alpha value is -0.910. The predicted molar refractivity (Wildman–Crippen MR) is 75.5 cm³/mol. The molecule has 1 heterocycles. The molecule has 1 aliphatic rings. The molecule has 98 valence electrons. The zero-order valence-electron chi connectivity index (χ0n) is 10.0. The van der Waals surface area contributed by atoms with Crippen LogP contribution in [0.3, 0.4) is 0 Å². The number of hydrogen-bond donors (Lipinski definition) is 2. The standard InChI is InChI=1S/C12H15ClN2O2S/c1-2-17-11-4-3-8(5-9(11)13)15-12(16)10-6-18-7-14-10/h3-5,10,14H,2,6-7H2,1H3,(H,15,16). The van der Waals surface area contributed by atoms with E-state index in [9.17, 15) is 4.79 Å². The first-order chi connectivity index (χ1) is 8.70. The first-order valence-corrected chi connectivity index (χ1v) is 7.28.